The molecule has 0 unspecified atom stereocenters. The van der Waals surface area contributed by atoms with Crippen molar-refractivity contribution in [3.8, 4) is 0 Å². The first-order chi connectivity index (χ1) is 11.7. The average molecular weight is 381 g/mol. The van der Waals surface area contributed by atoms with Gasteiger partial charge < -0.3 is 14.5 Å². The van der Waals surface area contributed by atoms with Gasteiger partial charge in [0.1, 0.15) is 12.1 Å². The molecule has 0 fully saturated rings. The minimum absolute atomic E-state index is 0.00827. The van der Waals surface area contributed by atoms with E-state index >= 15 is 0 Å². The summed E-state index contributed by atoms with van der Waals surface area (Å²) in [4.78, 5) is 30.2. The third-order valence-electron chi connectivity index (χ3n) is 3.28. The van der Waals surface area contributed by atoms with E-state index in [0.717, 1.165) is 9.75 Å². The van der Waals surface area contributed by atoms with Crippen LogP contribution in [-0.2, 0) is 22.6 Å². The maximum absolute atomic E-state index is 12.8. The standard InChI is InChI=1S/C18H24N2O3S2/c1-18(2,3)23-17(22)19(4)13-16(21)20(11-14-7-5-9-24-14)12-15-8-6-10-25-15/h5-10H,11-13H2,1-4H3. The molecule has 0 radical (unpaired) electrons. The Morgan fingerprint density at radius 2 is 1.56 bits per heavy atom. The summed E-state index contributed by atoms with van der Waals surface area (Å²) in [6, 6.07) is 7.97. The van der Waals surface area contributed by atoms with Crippen LogP contribution in [0.25, 0.3) is 0 Å². The van der Waals surface area contributed by atoms with E-state index in [1.165, 1.54) is 4.90 Å². The van der Waals surface area contributed by atoms with Crippen molar-refractivity contribution in [3.05, 3.63) is 44.8 Å². The van der Waals surface area contributed by atoms with Crippen molar-refractivity contribution in [2.75, 3.05) is 13.6 Å². The Bertz CT molecular complexity index is 639. The topological polar surface area (TPSA) is 49.9 Å². The van der Waals surface area contributed by atoms with Crippen LogP contribution in [0.1, 0.15) is 30.5 Å². The van der Waals surface area contributed by atoms with Crippen LogP contribution >= 0.6 is 22.7 Å². The van der Waals surface area contributed by atoms with E-state index in [0.29, 0.717) is 13.1 Å². The zero-order valence-corrected chi connectivity index (χ0v) is 16.7. The predicted molar refractivity (Wildman–Crippen MR) is 102 cm³/mol. The van der Waals surface area contributed by atoms with Crippen LogP contribution < -0.4 is 0 Å². The quantitative estimate of drug-likeness (QED) is 0.754. The van der Waals surface area contributed by atoms with E-state index in [9.17, 15) is 9.59 Å². The minimum Gasteiger partial charge on any atom is -0.444 e. The van der Waals surface area contributed by atoms with E-state index in [1.54, 1.807) is 55.4 Å². The predicted octanol–water partition coefficient (Wildman–Crippen LogP) is 4.21. The van der Waals surface area contributed by atoms with Gasteiger partial charge in [0, 0.05) is 16.8 Å². The van der Waals surface area contributed by atoms with Crippen LogP contribution in [-0.4, -0.2) is 41.0 Å². The zero-order chi connectivity index (χ0) is 18.4. The van der Waals surface area contributed by atoms with Gasteiger partial charge in [-0.1, -0.05) is 12.1 Å². The third kappa shape index (κ3) is 6.51. The number of carbonyl (C=O) groups is 2. The Kier molecular flexibility index (Phi) is 6.61. The Hall–Kier alpha value is -1.86. The van der Waals surface area contributed by atoms with Crippen molar-refractivity contribution in [1.29, 1.82) is 0 Å². The molecule has 25 heavy (non-hydrogen) atoms. The van der Waals surface area contributed by atoms with Gasteiger partial charge >= 0.3 is 6.09 Å². The van der Waals surface area contributed by atoms with Gasteiger partial charge in [-0.05, 0) is 43.7 Å². The van der Waals surface area contributed by atoms with Crippen molar-refractivity contribution >= 4 is 34.7 Å². The summed E-state index contributed by atoms with van der Waals surface area (Å²) in [6.45, 7) is 6.49. The SMILES string of the molecule is CN(CC(=O)N(Cc1cccs1)Cc1cccs1)C(=O)OC(C)(C)C. The highest BCUT2D eigenvalue weighted by Crippen LogP contribution is 2.18. The number of rotatable bonds is 6. The Balaban J connectivity index is 2.02. The van der Waals surface area contributed by atoms with E-state index < -0.39 is 11.7 Å². The van der Waals surface area contributed by atoms with Crippen LogP contribution in [0, 0.1) is 0 Å². The maximum Gasteiger partial charge on any atom is 0.410 e. The van der Waals surface area contributed by atoms with Gasteiger partial charge in [0.25, 0.3) is 0 Å². The molecule has 0 aliphatic rings. The van der Waals surface area contributed by atoms with Crippen molar-refractivity contribution in [2.24, 2.45) is 0 Å². The van der Waals surface area contributed by atoms with Gasteiger partial charge in [0.2, 0.25) is 5.91 Å². The summed E-state index contributed by atoms with van der Waals surface area (Å²) >= 11 is 3.24. The smallest absolute Gasteiger partial charge is 0.410 e. The molecule has 2 aromatic heterocycles. The molecule has 0 bridgehead atoms. The summed E-state index contributed by atoms with van der Waals surface area (Å²) in [6.07, 6.45) is -0.493. The average Bonchev–Trinajstić information content (AvgIpc) is 3.18. The van der Waals surface area contributed by atoms with E-state index in [4.69, 9.17) is 4.74 Å². The highest BCUT2D eigenvalue weighted by Gasteiger charge is 2.23. The number of amides is 2. The molecule has 2 rings (SSSR count). The molecular formula is C18H24N2O3S2. The maximum atomic E-state index is 12.8. The first kappa shape index (κ1) is 19.5. The lowest BCUT2D eigenvalue weighted by molar-refractivity contribution is -0.133. The zero-order valence-electron chi connectivity index (χ0n) is 15.0. The lowest BCUT2D eigenvalue weighted by atomic mass is 10.2. The van der Waals surface area contributed by atoms with Crippen molar-refractivity contribution < 1.29 is 14.3 Å². The fraction of sp³-hybridized carbons (Fsp3) is 0.444. The molecule has 0 spiro atoms. The molecule has 0 N–H and O–H groups in total. The van der Waals surface area contributed by atoms with E-state index in [1.807, 2.05) is 35.0 Å². The fourth-order valence-electron chi connectivity index (χ4n) is 2.12. The molecule has 7 heteroatoms. The second kappa shape index (κ2) is 8.49. The highest BCUT2D eigenvalue weighted by molar-refractivity contribution is 7.10. The number of carbonyl (C=O) groups excluding carboxylic acids is 2. The van der Waals surface area contributed by atoms with Gasteiger partial charge in [-0.15, -0.1) is 22.7 Å². The lowest BCUT2D eigenvalue weighted by Crippen LogP contribution is -2.42. The van der Waals surface area contributed by atoms with Gasteiger partial charge in [0.15, 0.2) is 0 Å². The van der Waals surface area contributed by atoms with Gasteiger partial charge in [0.05, 0.1) is 13.1 Å². The minimum atomic E-state index is -0.581. The monoisotopic (exact) mass is 380 g/mol. The summed E-state index contributed by atoms with van der Waals surface area (Å²) in [5, 5.41) is 3.99. The molecule has 0 aromatic carbocycles. The number of hydrogen-bond donors (Lipinski definition) is 0. The number of ether oxygens (including phenoxy) is 1. The normalized spacial score (nSPS) is 11.2. The van der Waals surface area contributed by atoms with Crippen molar-refractivity contribution in [1.82, 2.24) is 9.80 Å². The lowest BCUT2D eigenvalue weighted by Gasteiger charge is -2.27. The molecule has 0 atom stereocenters. The van der Waals surface area contributed by atoms with E-state index in [-0.39, 0.29) is 12.5 Å². The van der Waals surface area contributed by atoms with Crippen molar-refractivity contribution in [3.63, 3.8) is 0 Å². The summed E-state index contributed by atoms with van der Waals surface area (Å²) < 4.78 is 5.31. The van der Waals surface area contributed by atoms with E-state index in [2.05, 4.69) is 0 Å². The first-order valence-electron chi connectivity index (χ1n) is 8.01. The van der Waals surface area contributed by atoms with Crippen molar-refractivity contribution in [2.45, 2.75) is 39.5 Å². The van der Waals surface area contributed by atoms with Crippen LogP contribution in [0.3, 0.4) is 0 Å². The second-order valence-electron chi connectivity index (χ2n) is 6.74. The summed E-state index contributed by atoms with van der Waals surface area (Å²) in [5.41, 5.74) is -0.581. The molecule has 0 saturated heterocycles. The Morgan fingerprint density at radius 3 is 1.96 bits per heavy atom. The summed E-state index contributed by atoms with van der Waals surface area (Å²) in [7, 11) is 1.58. The molecule has 0 aliphatic carbocycles. The van der Waals surface area contributed by atoms with Crippen LogP contribution in [0.2, 0.25) is 0 Å². The number of hydrogen-bond acceptors (Lipinski definition) is 5. The highest BCUT2D eigenvalue weighted by atomic mass is 32.1. The second-order valence-corrected chi connectivity index (χ2v) is 8.81. The van der Waals surface area contributed by atoms with Gasteiger partial charge in [-0.2, -0.15) is 0 Å². The number of nitrogens with zero attached hydrogens (tertiary/aromatic N) is 2. The molecule has 5 nitrogen and oxygen atoms in total. The molecular weight excluding hydrogens is 356 g/mol. The van der Waals surface area contributed by atoms with Gasteiger partial charge in [-0.25, -0.2) is 4.79 Å². The third-order valence-corrected chi connectivity index (χ3v) is 5.01. The Morgan fingerprint density at radius 1 is 1.04 bits per heavy atom. The first-order valence-corrected chi connectivity index (χ1v) is 9.77. The molecule has 0 aliphatic heterocycles. The largest absolute Gasteiger partial charge is 0.444 e. The van der Waals surface area contributed by atoms with Crippen LogP contribution in [0.15, 0.2) is 35.0 Å². The van der Waals surface area contributed by atoms with Crippen LogP contribution in [0.5, 0.6) is 0 Å². The molecule has 0 saturated carbocycles. The number of likely N-dealkylation sites (N-methyl/N-ethyl adjacent to an activating group) is 1. The van der Waals surface area contributed by atoms with Crippen LogP contribution in [0.4, 0.5) is 4.79 Å². The number of thiophene rings is 2. The molecule has 2 aromatic rings. The molecule has 136 valence electrons. The fourth-order valence-corrected chi connectivity index (χ4v) is 3.56. The molecule has 2 amide bonds. The summed E-state index contributed by atoms with van der Waals surface area (Å²) in [5.74, 6) is -0.102. The molecule has 2 heterocycles. The van der Waals surface area contributed by atoms with Gasteiger partial charge in [-0.3, -0.25) is 4.79 Å². The Labute approximate surface area is 156 Å².